The number of hydrogen-bond donors (Lipinski definition) is 1. The van der Waals surface area contributed by atoms with Gasteiger partial charge in [-0.15, -0.1) is 0 Å². The Morgan fingerprint density at radius 2 is 1.76 bits per heavy atom. The molecule has 2 aromatic rings. The molecule has 0 amide bonds. The lowest BCUT2D eigenvalue weighted by Gasteiger charge is -2.33. The van der Waals surface area contributed by atoms with Crippen molar-refractivity contribution in [3.63, 3.8) is 0 Å². The van der Waals surface area contributed by atoms with Gasteiger partial charge >= 0.3 is 0 Å². The van der Waals surface area contributed by atoms with Crippen LogP contribution in [0.3, 0.4) is 0 Å². The zero-order chi connectivity index (χ0) is 14.5. The molecule has 0 aliphatic carbocycles. The van der Waals surface area contributed by atoms with E-state index in [2.05, 4.69) is 65.7 Å². The first-order valence-corrected chi connectivity index (χ1v) is 8.04. The van der Waals surface area contributed by atoms with Gasteiger partial charge in [-0.25, -0.2) is 0 Å². The minimum absolute atomic E-state index is 0.947. The molecule has 0 unspecified atom stereocenters. The molecule has 0 fully saturated rings. The topological polar surface area (TPSA) is 15.3 Å². The van der Waals surface area contributed by atoms with Crippen LogP contribution in [0.5, 0.6) is 0 Å². The van der Waals surface area contributed by atoms with Crippen LogP contribution in [0.2, 0.25) is 0 Å². The first-order valence-electron chi connectivity index (χ1n) is 8.04. The number of rotatable bonds is 5. The van der Waals surface area contributed by atoms with E-state index in [1.54, 1.807) is 0 Å². The first-order chi connectivity index (χ1) is 10.4. The van der Waals surface area contributed by atoms with Gasteiger partial charge in [0.15, 0.2) is 0 Å². The summed E-state index contributed by atoms with van der Waals surface area (Å²) < 4.78 is 0. The molecule has 0 saturated carbocycles. The fraction of sp³-hybridized carbons (Fsp3) is 0.368. The summed E-state index contributed by atoms with van der Waals surface area (Å²) in [6.45, 7) is 5.34. The van der Waals surface area contributed by atoms with Gasteiger partial charge in [-0.2, -0.15) is 0 Å². The van der Waals surface area contributed by atoms with Crippen molar-refractivity contribution in [2.45, 2.75) is 32.7 Å². The molecule has 0 bridgehead atoms. The average Bonchev–Trinajstić information content (AvgIpc) is 2.55. The summed E-state index contributed by atoms with van der Waals surface area (Å²) in [6.07, 6.45) is 3.60. The molecule has 2 nitrogen and oxygen atoms in total. The molecule has 0 saturated heterocycles. The minimum atomic E-state index is 0.947. The van der Waals surface area contributed by atoms with Crippen LogP contribution in [0.1, 0.15) is 30.9 Å². The summed E-state index contributed by atoms with van der Waals surface area (Å²) in [4.78, 5) is 2.49. The van der Waals surface area contributed by atoms with Crippen LogP contribution in [0.4, 0.5) is 11.4 Å². The summed E-state index contributed by atoms with van der Waals surface area (Å²) in [5, 5.41) is 3.53. The van der Waals surface area contributed by atoms with Crippen LogP contribution in [-0.4, -0.2) is 13.1 Å². The smallest absolute Gasteiger partial charge is 0.0456 e. The first kappa shape index (κ1) is 14.2. The van der Waals surface area contributed by atoms with Gasteiger partial charge in [0.25, 0.3) is 0 Å². The summed E-state index contributed by atoms with van der Waals surface area (Å²) in [6, 6.07) is 17.6. The van der Waals surface area contributed by atoms with Gasteiger partial charge in [-0.05, 0) is 49.1 Å². The van der Waals surface area contributed by atoms with E-state index in [9.17, 15) is 0 Å². The maximum Gasteiger partial charge on any atom is 0.0456 e. The molecule has 1 aliphatic heterocycles. The molecule has 1 heterocycles. The van der Waals surface area contributed by atoms with E-state index < -0.39 is 0 Å². The average molecular weight is 280 g/mol. The second-order valence-electron chi connectivity index (χ2n) is 5.69. The fourth-order valence-electron chi connectivity index (χ4n) is 3.11. The maximum atomic E-state index is 3.53. The number of anilines is 2. The predicted octanol–water partition coefficient (Wildman–Crippen LogP) is 4.27. The third-order valence-electron chi connectivity index (χ3n) is 4.13. The number of fused-ring (bicyclic) bond motifs is 1. The van der Waals surface area contributed by atoms with E-state index in [1.807, 2.05) is 0 Å². The fourth-order valence-corrected chi connectivity index (χ4v) is 3.11. The Morgan fingerprint density at radius 3 is 2.62 bits per heavy atom. The van der Waals surface area contributed by atoms with Crippen LogP contribution in [0.15, 0.2) is 48.5 Å². The Kier molecular flexibility index (Phi) is 4.56. The molecule has 110 valence electrons. The molecule has 21 heavy (non-hydrogen) atoms. The molecule has 0 spiro atoms. The van der Waals surface area contributed by atoms with Crippen LogP contribution >= 0.6 is 0 Å². The quantitative estimate of drug-likeness (QED) is 0.823. The number of hydrogen-bond acceptors (Lipinski definition) is 2. The zero-order valence-electron chi connectivity index (χ0n) is 12.8. The maximum absolute atomic E-state index is 3.53. The van der Waals surface area contributed by atoms with E-state index in [0.29, 0.717) is 0 Å². The molecule has 1 aliphatic rings. The summed E-state index contributed by atoms with van der Waals surface area (Å²) >= 11 is 0. The highest BCUT2D eigenvalue weighted by atomic mass is 15.1. The van der Waals surface area contributed by atoms with Gasteiger partial charge < -0.3 is 10.2 Å². The van der Waals surface area contributed by atoms with Crippen molar-refractivity contribution < 1.29 is 0 Å². The number of nitrogens with one attached hydrogen (secondary N) is 1. The number of aryl methyl sites for hydroxylation is 1. The normalized spacial score (nSPS) is 14.0. The Hall–Kier alpha value is -1.80. The van der Waals surface area contributed by atoms with E-state index >= 15 is 0 Å². The Labute approximate surface area is 127 Å². The van der Waals surface area contributed by atoms with Gasteiger partial charge in [0.1, 0.15) is 0 Å². The third kappa shape index (κ3) is 3.11. The lowest BCUT2D eigenvalue weighted by molar-refractivity contribution is 0.672. The molecule has 2 heteroatoms. The van der Waals surface area contributed by atoms with Gasteiger partial charge in [0.05, 0.1) is 0 Å². The van der Waals surface area contributed by atoms with Crippen molar-refractivity contribution in [3.05, 3.63) is 59.7 Å². The monoisotopic (exact) mass is 280 g/mol. The molecule has 1 N–H and O–H groups in total. The Morgan fingerprint density at radius 1 is 1.00 bits per heavy atom. The number of benzene rings is 2. The molecule has 0 radical (unpaired) electrons. The van der Waals surface area contributed by atoms with Crippen LogP contribution in [0, 0.1) is 0 Å². The second kappa shape index (κ2) is 6.77. The van der Waals surface area contributed by atoms with Gasteiger partial charge in [0.2, 0.25) is 0 Å². The van der Waals surface area contributed by atoms with E-state index in [0.717, 1.165) is 19.6 Å². The highest BCUT2D eigenvalue weighted by Gasteiger charge is 2.19. The van der Waals surface area contributed by atoms with Crippen molar-refractivity contribution in [2.24, 2.45) is 0 Å². The van der Waals surface area contributed by atoms with E-state index in [1.165, 1.54) is 41.8 Å². The standard InChI is InChI=1S/C19H24N2/c1-2-13-20-15-17-9-4-6-12-19(17)21-14-7-10-16-8-3-5-11-18(16)21/h3-6,8-9,11-12,20H,2,7,10,13-15H2,1H3. The van der Waals surface area contributed by atoms with Crippen LogP contribution < -0.4 is 10.2 Å². The minimum Gasteiger partial charge on any atom is -0.341 e. The van der Waals surface area contributed by atoms with Crippen molar-refractivity contribution in [2.75, 3.05) is 18.0 Å². The highest BCUT2D eigenvalue weighted by molar-refractivity contribution is 5.70. The predicted molar refractivity (Wildman–Crippen MR) is 90.2 cm³/mol. The molecular weight excluding hydrogens is 256 g/mol. The lowest BCUT2D eigenvalue weighted by Crippen LogP contribution is -2.26. The molecule has 0 aromatic heterocycles. The van der Waals surface area contributed by atoms with Crippen molar-refractivity contribution in [3.8, 4) is 0 Å². The molecule has 0 atom stereocenters. The Balaban J connectivity index is 1.91. The Bertz CT molecular complexity index is 592. The zero-order valence-corrected chi connectivity index (χ0v) is 12.8. The van der Waals surface area contributed by atoms with Crippen molar-refractivity contribution in [1.29, 1.82) is 0 Å². The number of nitrogens with zero attached hydrogens (tertiary/aromatic N) is 1. The highest BCUT2D eigenvalue weighted by Crippen LogP contribution is 2.34. The molecule has 2 aromatic carbocycles. The van der Waals surface area contributed by atoms with Gasteiger partial charge in [-0.1, -0.05) is 43.3 Å². The molecular formula is C19H24N2. The van der Waals surface area contributed by atoms with Crippen LogP contribution in [-0.2, 0) is 13.0 Å². The van der Waals surface area contributed by atoms with Gasteiger partial charge in [-0.3, -0.25) is 0 Å². The van der Waals surface area contributed by atoms with Gasteiger partial charge in [0, 0.05) is 24.5 Å². The van der Waals surface area contributed by atoms with Crippen LogP contribution in [0.25, 0.3) is 0 Å². The summed E-state index contributed by atoms with van der Waals surface area (Å²) in [5.41, 5.74) is 5.60. The summed E-state index contributed by atoms with van der Waals surface area (Å²) in [5.74, 6) is 0. The van der Waals surface area contributed by atoms with Crippen molar-refractivity contribution in [1.82, 2.24) is 5.32 Å². The summed E-state index contributed by atoms with van der Waals surface area (Å²) in [7, 11) is 0. The largest absolute Gasteiger partial charge is 0.341 e. The third-order valence-corrected chi connectivity index (χ3v) is 4.13. The molecule has 3 rings (SSSR count). The van der Waals surface area contributed by atoms with E-state index in [4.69, 9.17) is 0 Å². The number of para-hydroxylation sites is 2. The lowest BCUT2D eigenvalue weighted by atomic mass is 10.00. The SMILES string of the molecule is CCCNCc1ccccc1N1CCCc2ccccc21. The second-order valence-corrected chi connectivity index (χ2v) is 5.69. The van der Waals surface area contributed by atoms with E-state index in [-0.39, 0.29) is 0 Å². The van der Waals surface area contributed by atoms with Crippen molar-refractivity contribution >= 4 is 11.4 Å².